The predicted octanol–water partition coefficient (Wildman–Crippen LogP) is 1.37. The maximum Gasteiger partial charge on any atom is 0.176 e. The van der Waals surface area contributed by atoms with Crippen LogP contribution in [0, 0.1) is 18.6 Å². The van der Waals surface area contributed by atoms with Gasteiger partial charge in [0.1, 0.15) is 11.6 Å². The van der Waals surface area contributed by atoms with Gasteiger partial charge in [-0.05, 0) is 24.6 Å². The normalized spacial score (nSPS) is 11.8. The molecule has 0 heterocycles. The molecule has 1 rings (SSSR count). The van der Waals surface area contributed by atoms with Crippen molar-refractivity contribution in [2.45, 2.75) is 6.92 Å². The van der Waals surface area contributed by atoms with Crippen LogP contribution in [0.2, 0.25) is 0 Å². The van der Waals surface area contributed by atoms with E-state index in [9.17, 15) is 8.78 Å². The van der Waals surface area contributed by atoms with Crippen molar-refractivity contribution >= 4 is 5.84 Å². The van der Waals surface area contributed by atoms with Crippen LogP contribution in [0.3, 0.4) is 0 Å². The number of nitrogens with two attached hydrogens (primary N) is 1. The van der Waals surface area contributed by atoms with E-state index < -0.39 is 23.0 Å². The van der Waals surface area contributed by atoms with Crippen molar-refractivity contribution in [1.82, 2.24) is 0 Å². The van der Waals surface area contributed by atoms with E-state index >= 15 is 0 Å². The number of hydrogen-bond acceptors (Lipinski definition) is 2. The Morgan fingerprint density at radius 1 is 1.38 bits per heavy atom. The second-order valence-electron chi connectivity index (χ2n) is 2.59. The number of benzene rings is 1. The van der Waals surface area contributed by atoms with E-state index in [1.165, 1.54) is 0 Å². The molecule has 0 amide bonds. The predicted molar refractivity (Wildman–Crippen MR) is 43.6 cm³/mol. The summed E-state index contributed by atoms with van der Waals surface area (Å²) < 4.78 is 26.1. The number of aryl methyl sites for hydroxylation is 1. The number of rotatable bonds is 1. The summed E-state index contributed by atoms with van der Waals surface area (Å²) in [6.45, 7) is 1.54. The molecule has 5 heteroatoms. The van der Waals surface area contributed by atoms with E-state index in [1.807, 2.05) is 0 Å². The van der Waals surface area contributed by atoms with Crippen LogP contribution in [0.25, 0.3) is 0 Å². The zero-order valence-electron chi connectivity index (χ0n) is 6.88. The lowest BCUT2D eigenvalue weighted by molar-refractivity contribution is 0.318. The summed E-state index contributed by atoms with van der Waals surface area (Å²) in [4.78, 5) is 0. The maximum atomic E-state index is 13.0. The summed E-state index contributed by atoms with van der Waals surface area (Å²) in [5.74, 6) is -2.25. The van der Waals surface area contributed by atoms with Gasteiger partial charge < -0.3 is 10.9 Å². The van der Waals surface area contributed by atoms with E-state index in [0.717, 1.165) is 12.1 Å². The van der Waals surface area contributed by atoms with Gasteiger partial charge in [-0.3, -0.25) is 0 Å². The van der Waals surface area contributed by atoms with Gasteiger partial charge in [0, 0.05) is 0 Å². The third-order valence-corrected chi connectivity index (χ3v) is 1.55. The molecule has 3 N–H and O–H groups in total. The van der Waals surface area contributed by atoms with E-state index in [1.54, 1.807) is 6.92 Å². The van der Waals surface area contributed by atoms with Crippen molar-refractivity contribution in [2.24, 2.45) is 10.9 Å². The Bertz CT molecular complexity index is 340. The fraction of sp³-hybridized carbons (Fsp3) is 0.125. The van der Waals surface area contributed by atoms with Crippen LogP contribution in [0.5, 0.6) is 0 Å². The Morgan fingerprint density at radius 2 is 1.85 bits per heavy atom. The molecule has 0 aromatic heterocycles. The number of hydrogen-bond donors (Lipinski definition) is 2. The van der Waals surface area contributed by atoms with E-state index in [2.05, 4.69) is 5.16 Å². The molecule has 0 aliphatic heterocycles. The largest absolute Gasteiger partial charge is 0.409 e. The van der Waals surface area contributed by atoms with Gasteiger partial charge in [-0.25, -0.2) is 8.78 Å². The lowest BCUT2D eigenvalue weighted by atomic mass is 10.1. The number of amidine groups is 1. The highest BCUT2D eigenvalue weighted by molar-refractivity contribution is 5.97. The van der Waals surface area contributed by atoms with E-state index in [4.69, 9.17) is 10.9 Å². The van der Waals surface area contributed by atoms with Crippen LogP contribution < -0.4 is 5.73 Å². The third kappa shape index (κ3) is 1.74. The fourth-order valence-corrected chi connectivity index (χ4v) is 0.995. The zero-order chi connectivity index (χ0) is 10.0. The first-order chi connectivity index (χ1) is 6.06. The maximum absolute atomic E-state index is 13.0. The first-order valence-corrected chi connectivity index (χ1v) is 3.49. The second kappa shape index (κ2) is 3.38. The summed E-state index contributed by atoms with van der Waals surface area (Å²) in [6.07, 6.45) is 0. The molecule has 70 valence electrons. The van der Waals surface area contributed by atoms with Crippen LogP contribution >= 0.6 is 0 Å². The molecule has 0 aliphatic rings. The number of halogens is 2. The molecule has 0 bridgehead atoms. The third-order valence-electron chi connectivity index (χ3n) is 1.55. The van der Waals surface area contributed by atoms with Gasteiger partial charge in [0.15, 0.2) is 5.84 Å². The first-order valence-electron chi connectivity index (χ1n) is 3.49. The summed E-state index contributed by atoms with van der Waals surface area (Å²) in [6, 6.07) is 2.22. The highest BCUT2D eigenvalue weighted by Crippen LogP contribution is 2.14. The van der Waals surface area contributed by atoms with Crippen LogP contribution in [0.4, 0.5) is 8.78 Å². The Balaban J connectivity index is 3.37. The SMILES string of the molecule is Cc1cc(F)c(/C(N)=N/O)c(F)c1. The first kappa shape index (κ1) is 9.44. The highest BCUT2D eigenvalue weighted by atomic mass is 19.1. The van der Waals surface area contributed by atoms with Crippen LogP contribution in [0.15, 0.2) is 17.3 Å². The fourth-order valence-electron chi connectivity index (χ4n) is 0.995. The lowest BCUT2D eigenvalue weighted by Crippen LogP contribution is -2.17. The van der Waals surface area contributed by atoms with Crippen LogP contribution in [-0.4, -0.2) is 11.0 Å². The topological polar surface area (TPSA) is 58.6 Å². The molecule has 0 atom stereocenters. The van der Waals surface area contributed by atoms with Gasteiger partial charge in [-0.1, -0.05) is 5.16 Å². The average molecular weight is 186 g/mol. The summed E-state index contributed by atoms with van der Waals surface area (Å²) >= 11 is 0. The molecule has 0 saturated carbocycles. The van der Waals surface area contributed by atoms with Crippen molar-refractivity contribution in [1.29, 1.82) is 0 Å². The van der Waals surface area contributed by atoms with Crippen molar-refractivity contribution in [2.75, 3.05) is 0 Å². The molecule has 0 spiro atoms. The summed E-state index contributed by atoms with van der Waals surface area (Å²) in [7, 11) is 0. The highest BCUT2D eigenvalue weighted by Gasteiger charge is 2.13. The molecule has 0 fully saturated rings. The molecule has 0 saturated heterocycles. The molecule has 1 aromatic carbocycles. The Morgan fingerprint density at radius 3 is 2.23 bits per heavy atom. The van der Waals surface area contributed by atoms with E-state index in [0.29, 0.717) is 5.56 Å². The van der Waals surface area contributed by atoms with Crippen molar-refractivity contribution in [3.05, 3.63) is 34.9 Å². The molecule has 13 heavy (non-hydrogen) atoms. The number of oxime groups is 1. The zero-order valence-corrected chi connectivity index (χ0v) is 6.88. The minimum atomic E-state index is -0.840. The monoisotopic (exact) mass is 186 g/mol. The summed E-state index contributed by atoms with van der Waals surface area (Å²) in [5.41, 5.74) is 4.99. The van der Waals surface area contributed by atoms with E-state index in [-0.39, 0.29) is 0 Å². The standard InChI is InChI=1S/C8H8F2N2O/c1-4-2-5(9)7(6(10)3-4)8(11)12-13/h2-3,13H,1H3,(H2,11,12). The minimum absolute atomic E-state index is 0.435. The molecule has 0 aliphatic carbocycles. The van der Waals surface area contributed by atoms with Crippen molar-refractivity contribution in [3.63, 3.8) is 0 Å². The molecule has 0 radical (unpaired) electrons. The number of nitrogens with zero attached hydrogens (tertiary/aromatic N) is 1. The van der Waals surface area contributed by atoms with Crippen LogP contribution in [0.1, 0.15) is 11.1 Å². The molecule has 3 nitrogen and oxygen atoms in total. The van der Waals surface area contributed by atoms with Crippen molar-refractivity contribution < 1.29 is 14.0 Å². The van der Waals surface area contributed by atoms with Gasteiger partial charge in [0.25, 0.3) is 0 Å². The molecule has 1 aromatic rings. The van der Waals surface area contributed by atoms with Gasteiger partial charge >= 0.3 is 0 Å². The molecular formula is C8H8F2N2O. The average Bonchev–Trinajstić information content (AvgIpc) is 2.02. The Labute approximate surface area is 73.5 Å². The minimum Gasteiger partial charge on any atom is -0.409 e. The molecular weight excluding hydrogens is 178 g/mol. The molecule has 0 unspecified atom stereocenters. The smallest absolute Gasteiger partial charge is 0.176 e. The summed E-state index contributed by atoms with van der Waals surface area (Å²) in [5, 5.41) is 10.8. The second-order valence-corrected chi connectivity index (χ2v) is 2.59. The van der Waals surface area contributed by atoms with Crippen LogP contribution in [-0.2, 0) is 0 Å². The Kier molecular flexibility index (Phi) is 2.46. The van der Waals surface area contributed by atoms with Crippen molar-refractivity contribution in [3.8, 4) is 0 Å². The lowest BCUT2D eigenvalue weighted by Gasteiger charge is -2.03. The van der Waals surface area contributed by atoms with Gasteiger partial charge in [-0.2, -0.15) is 0 Å². The van der Waals surface area contributed by atoms with Gasteiger partial charge in [0.2, 0.25) is 0 Å². The Hall–Kier alpha value is -1.65. The quantitative estimate of drug-likeness (QED) is 0.301. The van der Waals surface area contributed by atoms with Gasteiger partial charge in [-0.15, -0.1) is 0 Å². The van der Waals surface area contributed by atoms with Gasteiger partial charge in [0.05, 0.1) is 5.56 Å².